The minimum absolute atomic E-state index is 0.0594. The van der Waals surface area contributed by atoms with E-state index in [1.54, 1.807) is 55.7 Å². The number of ether oxygens (including phenoxy) is 1. The van der Waals surface area contributed by atoms with Crippen LogP contribution in [0.3, 0.4) is 0 Å². The highest BCUT2D eigenvalue weighted by Gasteiger charge is 2.18. The minimum Gasteiger partial charge on any atom is -0.495 e. The van der Waals surface area contributed by atoms with Crippen molar-refractivity contribution >= 4 is 27.3 Å². The molecule has 3 rings (SSSR count). The van der Waals surface area contributed by atoms with Gasteiger partial charge in [-0.25, -0.2) is 13.8 Å². The number of amides is 1. The average Bonchev–Trinajstić information content (AvgIpc) is 2.78. The van der Waals surface area contributed by atoms with E-state index in [9.17, 15) is 13.2 Å². The van der Waals surface area contributed by atoms with Gasteiger partial charge in [0.05, 0.1) is 23.4 Å². The van der Waals surface area contributed by atoms with Crippen LogP contribution in [0.15, 0.2) is 83.1 Å². The second kappa shape index (κ2) is 9.19. The number of sulfonamides is 1. The zero-order valence-corrected chi connectivity index (χ0v) is 17.2. The number of carbonyl (C=O) groups excluding carboxylic acids is 1. The first-order valence-corrected chi connectivity index (χ1v) is 10.4. The molecule has 0 saturated heterocycles. The van der Waals surface area contributed by atoms with Gasteiger partial charge in [-0.1, -0.05) is 18.2 Å². The summed E-state index contributed by atoms with van der Waals surface area (Å²) < 4.78 is 33.2. The van der Waals surface area contributed by atoms with Crippen LogP contribution in [0.25, 0.3) is 0 Å². The van der Waals surface area contributed by atoms with E-state index >= 15 is 0 Å². The van der Waals surface area contributed by atoms with Crippen LogP contribution in [0.1, 0.15) is 22.8 Å². The van der Waals surface area contributed by atoms with Crippen LogP contribution in [0.4, 0.5) is 5.69 Å². The van der Waals surface area contributed by atoms with Crippen LogP contribution in [0.2, 0.25) is 0 Å². The van der Waals surface area contributed by atoms with Crippen molar-refractivity contribution in [1.29, 1.82) is 0 Å². The van der Waals surface area contributed by atoms with Crippen molar-refractivity contribution in [2.24, 2.45) is 5.10 Å². The zero-order valence-electron chi connectivity index (χ0n) is 16.4. The number of hydrogen-bond donors (Lipinski definition) is 2. The lowest BCUT2D eigenvalue weighted by molar-refractivity contribution is 0.0954. The molecule has 0 unspecified atom stereocenters. The zero-order chi connectivity index (χ0) is 21.6. The predicted octanol–water partition coefficient (Wildman–Crippen LogP) is 3.05. The van der Waals surface area contributed by atoms with Gasteiger partial charge >= 0.3 is 0 Å². The molecule has 0 aliphatic heterocycles. The van der Waals surface area contributed by atoms with Crippen molar-refractivity contribution in [2.45, 2.75) is 11.8 Å². The van der Waals surface area contributed by atoms with Crippen molar-refractivity contribution in [3.05, 3.63) is 84.2 Å². The molecular weight excluding hydrogens is 404 g/mol. The molecule has 0 radical (unpaired) electrons. The summed E-state index contributed by atoms with van der Waals surface area (Å²) in [6.45, 7) is 1.74. The molecule has 0 aliphatic carbocycles. The molecule has 154 valence electrons. The first-order valence-electron chi connectivity index (χ1n) is 8.91. The van der Waals surface area contributed by atoms with Gasteiger partial charge in [0.2, 0.25) is 0 Å². The normalized spacial score (nSPS) is 11.6. The maximum absolute atomic E-state index is 12.8. The summed E-state index contributed by atoms with van der Waals surface area (Å²) in [4.78, 5) is 16.3. The number of aromatic nitrogens is 1. The smallest absolute Gasteiger partial charge is 0.271 e. The van der Waals surface area contributed by atoms with Gasteiger partial charge in [-0.2, -0.15) is 5.10 Å². The molecular formula is C21H20N4O4S. The van der Waals surface area contributed by atoms with Crippen molar-refractivity contribution in [1.82, 2.24) is 10.4 Å². The number of nitrogens with one attached hydrogen (secondary N) is 2. The number of rotatable bonds is 7. The molecule has 0 aliphatic rings. The number of benzene rings is 2. The highest BCUT2D eigenvalue weighted by atomic mass is 32.2. The largest absolute Gasteiger partial charge is 0.495 e. The number of carbonyl (C=O) groups is 1. The monoisotopic (exact) mass is 424 g/mol. The van der Waals surface area contributed by atoms with Gasteiger partial charge in [-0.05, 0) is 49.4 Å². The first kappa shape index (κ1) is 21.0. The molecule has 30 heavy (non-hydrogen) atoms. The lowest BCUT2D eigenvalue weighted by Gasteiger charge is -2.12. The Morgan fingerprint density at radius 2 is 1.73 bits per heavy atom. The van der Waals surface area contributed by atoms with E-state index in [4.69, 9.17) is 4.74 Å². The van der Waals surface area contributed by atoms with E-state index < -0.39 is 15.9 Å². The van der Waals surface area contributed by atoms with E-state index in [1.807, 2.05) is 0 Å². The third-order valence-corrected chi connectivity index (χ3v) is 5.54. The van der Waals surface area contributed by atoms with E-state index in [0.717, 1.165) is 5.56 Å². The SMILES string of the molecule is COc1ccccc1NS(=O)(=O)c1cccc(C(=O)N/N=C(/C)c2ccncc2)c1. The Labute approximate surface area is 174 Å². The van der Waals surface area contributed by atoms with Crippen molar-refractivity contribution < 1.29 is 17.9 Å². The van der Waals surface area contributed by atoms with Gasteiger partial charge in [-0.15, -0.1) is 0 Å². The number of hydrazone groups is 1. The topological polar surface area (TPSA) is 110 Å². The van der Waals surface area contributed by atoms with Gasteiger partial charge in [0, 0.05) is 23.5 Å². The highest BCUT2D eigenvalue weighted by molar-refractivity contribution is 7.92. The second-order valence-corrected chi connectivity index (χ2v) is 7.89. The Balaban J connectivity index is 1.79. The van der Waals surface area contributed by atoms with Gasteiger partial charge in [0.15, 0.2) is 0 Å². The third-order valence-electron chi connectivity index (χ3n) is 4.18. The summed E-state index contributed by atoms with van der Waals surface area (Å²) in [5.41, 5.74) is 4.29. The number of anilines is 1. The summed E-state index contributed by atoms with van der Waals surface area (Å²) in [6, 6.07) is 15.9. The lowest BCUT2D eigenvalue weighted by Crippen LogP contribution is -2.20. The summed E-state index contributed by atoms with van der Waals surface area (Å²) in [5.74, 6) is -0.145. The van der Waals surface area contributed by atoms with E-state index in [2.05, 4.69) is 20.2 Å². The number of pyridine rings is 1. The van der Waals surface area contributed by atoms with Crippen LogP contribution < -0.4 is 14.9 Å². The molecule has 1 amide bonds. The standard InChI is InChI=1S/C21H20N4O4S/c1-15(16-10-12-22-13-11-16)23-24-21(26)17-6-5-7-18(14-17)30(27,28)25-19-8-3-4-9-20(19)29-2/h3-14,25H,1-2H3,(H,24,26)/b23-15-. The predicted molar refractivity (Wildman–Crippen MR) is 114 cm³/mol. The molecule has 9 heteroatoms. The van der Waals surface area contributed by atoms with Crippen molar-refractivity contribution in [3.63, 3.8) is 0 Å². The van der Waals surface area contributed by atoms with Crippen LogP contribution in [-0.2, 0) is 10.0 Å². The number of para-hydroxylation sites is 2. The molecule has 2 N–H and O–H groups in total. The summed E-state index contributed by atoms with van der Waals surface area (Å²) in [5, 5.41) is 4.06. The van der Waals surface area contributed by atoms with Crippen LogP contribution in [0, 0.1) is 0 Å². The molecule has 1 heterocycles. The minimum atomic E-state index is -3.93. The van der Waals surface area contributed by atoms with Gasteiger partial charge in [0.1, 0.15) is 5.75 Å². The van der Waals surface area contributed by atoms with Gasteiger partial charge in [0.25, 0.3) is 15.9 Å². The fourth-order valence-corrected chi connectivity index (χ4v) is 3.71. The Hall–Kier alpha value is -3.72. The summed E-state index contributed by atoms with van der Waals surface area (Å²) >= 11 is 0. The molecule has 0 fully saturated rings. The lowest BCUT2D eigenvalue weighted by atomic mass is 10.2. The summed E-state index contributed by atoms with van der Waals surface area (Å²) in [6.07, 6.45) is 3.25. The Morgan fingerprint density at radius 3 is 2.47 bits per heavy atom. The summed E-state index contributed by atoms with van der Waals surface area (Å²) in [7, 11) is -2.48. The number of nitrogens with zero attached hydrogens (tertiary/aromatic N) is 2. The van der Waals surface area contributed by atoms with Crippen LogP contribution in [-0.4, -0.2) is 32.1 Å². The number of methoxy groups -OCH3 is 1. The van der Waals surface area contributed by atoms with Crippen LogP contribution >= 0.6 is 0 Å². The number of hydrogen-bond acceptors (Lipinski definition) is 6. The molecule has 2 aromatic carbocycles. The second-order valence-electron chi connectivity index (χ2n) is 6.21. The fourth-order valence-electron chi connectivity index (χ4n) is 2.59. The maximum atomic E-state index is 12.8. The Bertz CT molecular complexity index is 1180. The molecule has 0 atom stereocenters. The van der Waals surface area contributed by atoms with Gasteiger partial charge in [-0.3, -0.25) is 14.5 Å². The Morgan fingerprint density at radius 1 is 1.00 bits per heavy atom. The van der Waals surface area contributed by atoms with Crippen molar-refractivity contribution in [2.75, 3.05) is 11.8 Å². The van der Waals surface area contributed by atoms with Crippen molar-refractivity contribution in [3.8, 4) is 5.75 Å². The molecule has 0 saturated carbocycles. The highest BCUT2D eigenvalue weighted by Crippen LogP contribution is 2.26. The van der Waals surface area contributed by atoms with Crippen LogP contribution in [0.5, 0.6) is 5.75 Å². The average molecular weight is 424 g/mol. The van der Waals surface area contributed by atoms with E-state index in [-0.39, 0.29) is 10.5 Å². The van der Waals surface area contributed by atoms with E-state index in [1.165, 1.54) is 31.4 Å². The first-order chi connectivity index (χ1) is 14.4. The molecule has 8 nitrogen and oxygen atoms in total. The van der Waals surface area contributed by atoms with E-state index in [0.29, 0.717) is 17.1 Å². The Kier molecular flexibility index (Phi) is 6.43. The fraction of sp³-hybridized carbons (Fsp3) is 0.0952. The maximum Gasteiger partial charge on any atom is 0.271 e. The third kappa shape index (κ3) is 5.00. The molecule has 0 spiro atoms. The molecule has 3 aromatic rings. The van der Waals surface area contributed by atoms with Gasteiger partial charge < -0.3 is 4.74 Å². The molecule has 1 aromatic heterocycles. The molecule has 0 bridgehead atoms. The quantitative estimate of drug-likeness (QED) is 0.447.